The fourth-order valence-electron chi connectivity index (χ4n) is 4.71. The van der Waals surface area contributed by atoms with Gasteiger partial charge in [-0.2, -0.15) is 0 Å². The fraction of sp³-hybridized carbons (Fsp3) is 0.905. The van der Waals surface area contributed by atoms with Crippen molar-refractivity contribution in [2.75, 3.05) is 88.2 Å². The molecule has 0 rings (SSSR count). The van der Waals surface area contributed by atoms with Crippen molar-refractivity contribution in [2.45, 2.75) is 41.5 Å². The average molecular weight is 549 g/mol. The van der Waals surface area contributed by atoms with Crippen molar-refractivity contribution in [1.29, 1.82) is 0 Å². The summed E-state index contributed by atoms with van der Waals surface area (Å²) in [4.78, 5) is 0. The van der Waals surface area contributed by atoms with E-state index in [0.717, 1.165) is 39.3 Å². The second-order valence-corrected chi connectivity index (χ2v) is 21.9. The average Bonchev–Trinajstić information content (AvgIpc) is 2.69. The van der Waals surface area contributed by atoms with Crippen molar-refractivity contribution in [3.8, 4) is 9.86 Å². The van der Waals surface area contributed by atoms with Gasteiger partial charge in [-0.1, -0.05) is 0 Å². The molecule has 0 aromatic carbocycles. The summed E-state index contributed by atoms with van der Waals surface area (Å²) >= 11 is -3.31. The molecule has 0 fully saturated rings. The van der Waals surface area contributed by atoms with Crippen molar-refractivity contribution in [1.82, 2.24) is 23.1 Å². The molecule has 0 N–H and O–H groups in total. The van der Waals surface area contributed by atoms with Crippen LogP contribution in [0.25, 0.3) is 0 Å². The Morgan fingerprint density at radius 2 is 0.900 bits per heavy atom. The Hall–Kier alpha value is 0.296. The van der Waals surface area contributed by atoms with Gasteiger partial charge < -0.3 is 0 Å². The van der Waals surface area contributed by atoms with Gasteiger partial charge in [-0.15, -0.1) is 0 Å². The van der Waals surface area contributed by atoms with Crippen LogP contribution in [0.2, 0.25) is 0 Å². The van der Waals surface area contributed by atoms with Gasteiger partial charge in [-0.25, -0.2) is 0 Å². The van der Waals surface area contributed by atoms with Crippen LogP contribution < -0.4 is 0 Å². The molecule has 0 amide bonds. The molecule has 0 saturated heterocycles. The molecule has 7 nitrogen and oxygen atoms in total. The Balaban J connectivity index is 6.25. The van der Waals surface area contributed by atoms with E-state index in [-0.39, 0.29) is 0 Å². The van der Waals surface area contributed by atoms with Gasteiger partial charge in [0.25, 0.3) is 0 Å². The third-order valence-corrected chi connectivity index (χ3v) is 24.4. The summed E-state index contributed by atoms with van der Waals surface area (Å²) in [6, 6.07) is 0. The predicted octanol–water partition coefficient (Wildman–Crippen LogP) is 1.63. The van der Waals surface area contributed by atoms with E-state index >= 15 is 0 Å². The van der Waals surface area contributed by atoms with Crippen LogP contribution in [-0.2, 0) is 4.43 Å². The first-order valence-electron chi connectivity index (χ1n) is 11.5. The molecule has 0 radical (unpaired) electrons. The summed E-state index contributed by atoms with van der Waals surface area (Å²) in [7, 11) is 10.2. The topological polar surface area (TPSA) is 28.7 Å². The second-order valence-electron chi connectivity index (χ2n) is 8.00. The van der Waals surface area contributed by atoms with Crippen LogP contribution in [0, 0.1) is 9.86 Å². The maximum atomic E-state index is 6.57. The van der Waals surface area contributed by atoms with Crippen molar-refractivity contribution in [3.63, 3.8) is 0 Å². The van der Waals surface area contributed by atoms with E-state index in [1.165, 1.54) is 0 Å². The number of hydrogen-bond acceptors (Lipinski definition) is 7. The van der Waals surface area contributed by atoms with E-state index in [9.17, 15) is 0 Å². The minimum atomic E-state index is -3.31. The molecule has 0 spiro atoms. The van der Waals surface area contributed by atoms with Crippen LogP contribution in [-0.4, -0.2) is 139 Å². The van der Waals surface area contributed by atoms with Gasteiger partial charge >= 0.3 is 195 Å². The van der Waals surface area contributed by atoms with E-state index < -0.39 is 28.0 Å². The summed E-state index contributed by atoms with van der Waals surface area (Å²) in [5.41, 5.74) is 0. The Labute approximate surface area is 194 Å². The molecule has 0 heterocycles. The molecule has 30 heavy (non-hydrogen) atoms. The molecule has 0 aromatic rings. The molecule has 9 heteroatoms. The molecule has 0 aliphatic rings. The van der Waals surface area contributed by atoms with Crippen LogP contribution in [0.1, 0.15) is 41.5 Å². The minimum absolute atomic E-state index is 0.462. The van der Waals surface area contributed by atoms with Gasteiger partial charge in [0, 0.05) is 0 Å². The van der Waals surface area contributed by atoms with Gasteiger partial charge in [0.05, 0.1) is 0 Å². The van der Waals surface area contributed by atoms with Crippen molar-refractivity contribution < 1.29 is 4.43 Å². The molecule has 0 atom stereocenters. The predicted molar refractivity (Wildman–Crippen MR) is 135 cm³/mol. The Bertz CT molecular complexity index is 472. The maximum absolute atomic E-state index is 6.57. The van der Waals surface area contributed by atoms with Gasteiger partial charge in [-0.05, 0) is 0 Å². The quantitative estimate of drug-likeness (QED) is 0.241. The zero-order valence-electron chi connectivity index (χ0n) is 22.0. The molecule has 0 saturated carbocycles. The fourth-order valence-corrected chi connectivity index (χ4v) is 21.4. The van der Waals surface area contributed by atoms with Gasteiger partial charge in [0.1, 0.15) is 0 Å². The molecular weight excluding hydrogens is 499 g/mol. The Kier molecular flexibility index (Phi) is 14.6. The molecular formula is C21H50N6OSiSn. The molecule has 0 bridgehead atoms. The molecule has 0 aromatic heterocycles. The summed E-state index contributed by atoms with van der Waals surface area (Å²) in [6.45, 7) is 20.4. The molecule has 0 aliphatic heterocycles. The van der Waals surface area contributed by atoms with Gasteiger partial charge in [-0.3, -0.25) is 0 Å². The molecule has 0 aliphatic carbocycles. The molecule has 178 valence electrons. The van der Waals surface area contributed by atoms with Crippen molar-refractivity contribution in [3.05, 3.63) is 0 Å². The standard InChI is InChI=1S/C9H20N3OSi.3C4H10N.Sn/c1-8-9-13-14(10(2)3,11(4)5)12(6)7;3*1-3-5-4-2;/h9H2,2-7H3;3*3-4H2,1-2H3;/q;3*-1;+3. The third-order valence-electron chi connectivity index (χ3n) is 5.95. The first-order chi connectivity index (χ1) is 14.1. The number of hydrogen-bond donors (Lipinski definition) is 0. The van der Waals surface area contributed by atoms with E-state index in [1.54, 1.807) is 0 Å². The first kappa shape index (κ1) is 30.3. The first-order valence-corrected chi connectivity index (χ1v) is 18.5. The summed E-state index contributed by atoms with van der Waals surface area (Å²) in [5, 5.41) is 0. The van der Waals surface area contributed by atoms with Gasteiger partial charge in [0.2, 0.25) is 0 Å². The third kappa shape index (κ3) is 6.42. The Morgan fingerprint density at radius 1 is 0.600 bits per heavy atom. The monoisotopic (exact) mass is 550 g/mol. The van der Waals surface area contributed by atoms with E-state index in [1.807, 2.05) is 0 Å². The zero-order chi connectivity index (χ0) is 23.5. The number of rotatable bonds is 14. The Morgan fingerprint density at radius 3 is 1.13 bits per heavy atom. The van der Waals surface area contributed by atoms with Gasteiger partial charge in [0.15, 0.2) is 0 Å². The SMILES string of the molecule is CC[N](CC)[Sn]([C]#CCO[Si](N(C)C)(N(C)C)N(C)C)([N](CC)CC)[N](CC)CC. The summed E-state index contributed by atoms with van der Waals surface area (Å²) < 4.78 is 25.2. The van der Waals surface area contributed by atoms with Crippen LogP contribution in [0.5, 0.6) is 0 Å². The van der Waals surface area contributed by atoms with Crippen LogP contribution in [0.15, 0.2) is 0 Å². The van der Waals surface area contributed by atoms with Crippen LogP contribution in [0.4, 0.5) is 0 Å². The van der Waals surface area contributed by atoms with Crippen LogP contribution in [0.3, 0.4) is 0 Å². The van der Waals surface area contributed by atoms with E-state index in [2.05, 4.69) is 117 Å². The van der Waals surface area contributed by atoms with Crippen molar-refractivity contribution >= 4 is 28.0 Å². The van der Waals surface area contributed by atoms with Crippen molar-refractivity contribution in [2.24, 2.45) is 0 Å². The number of nitrogens with zero attached hydrogens (tertiary/aromatic N) is 6. The molecule has 0 unspecified atom stereocenters. The second kappa shape index (κ2) is 14.4. The summed E-state index contributed by atoms with van der Waals surface area (Å²) in [5.74, 6) is 3.54. The van der Waals surface area contributed by atoms with E-state index in [0.29, 0.717) is 6.61 Å². The zero-order valence-corrected chi connectivity index (χ0v) is 25.9. The van der Waals surface area contributed by atoms with Crippen LogP contribution >= 0.6 is 0 Å². The summed E-state index contributed by atoms with van der Waals surface area (Å²) in [6.07, 6.45) is 0. The van der Waals surface area contributed by atoms with E-state index in [4.69, 9.17) is 4.43 Å². The normalized spacial score (nSPS) is 13.3.